The molecule has 1 saturated carbocycles. The van der Waals surface area contributed by atoms with Gasteiger partial charge in [-0.15, -0.1) is 0 Å². The van der Waals surface area contributed by atoms with Crippen LogP contribution in [-0.2, 0) is 4.79 Å². The van der Waals surface area contributed by atoms with Gasteiger partial charge in [0.2, 0.25) is 0 Å². The SMILES string of the molecule is O=C1NC(=O)C(=Cc2cnn3c(NC4CC4)cc(N4CCN(C(=O)c5ccccc5F)CC4)nc23)N1. The maximum Gasteiger partial charge on any atom is 0.326 e. The van der Waals surface area contributed by atoms with E-state index in [2.05, 4.69) is 25.9 Å². The number of benzene rings is 1. The zero-order valence-electron chi connectivity index (χ0n) is 19.2. The van der Waals surface area contributed by atoms with Crippen molar-refractivity contribution in [1.82, 2.24) is 30.1 Å². The molecule has 3 N–H and O–H groups in total. The van der Waals surface area contributed by atoms with E-state index in [0.717, 1.165) is 18.7 Å². The Bertz CT molecular complexity index is 1420. The summed E-state index contributed by atoms with van der Waals surface area (Å²) in [4.78, 5) is 44.8. The predicted octanol–water partition coefficient (Wildman–Crippen LogP) is 1.59. The smallest absolute Gasteiger partial charge is 0.326 e. The molecular formula is C24H23FN8O3. The Morgan fingerprint density at radius 3 is 2.58 bits per heavy atom. The van der Waals surface area contributed by atoms with Gasteiger partial charge in [0.05, 0.1) is 11.8 Å². The van der Waals surface area contributed by atoms with E-state index in [0.29, 0.717) is 49.2 Å². The van der Waals surface area contributed by atoms with E-state index in [1.54, 1.807) is 33.8 Å². The zero-order valence-corrected chi connectivity index (χ0v) is 19.2. The lowest BCUT2D eigenvalue weighted by atomic mass is 10.1. The molecule has 1 aromatic carbocycles. The maximum absolute atomic E-state index is 14.1. The molecule has 184 valence electrons. The highest BCUT2D eigenvalue weighted by atomic mass is 19.1. The van der Waals surface area contributed by atoms with Gasteiger partial charge in [0.15, 0.2) is 5.65 Å². The fraction of sp³-hybridized carbons (Fsp3) is 0.292. The third kappa shape index (κ3) is 4.10. The quantitative estimate of drug-likeness (QED) is 0.367. The van der Waals surface area contributed by atoms with Gasteiger partial charge < -0.3 is 20.4 Å². The highest BCUT2D eigenvalue weighted by molar-refractivity contribution is 6.14. The van der Waals surface area contributed by atoms with Gasteiger partial charge in [-0.05, 0) is 31.1 Å². The standard InChI is InChI=1S/C24H23FN8O3/c25-17-4-2-1-3-16(17)23(35)32-9-7-31(8-10-32)19-12-20(27-15-5-6-15)33-21(29-19)14(13-26-33)11-18-22(34)30-24(36)28-18/h1-4,11-13,15,27H,5-10H2,(H2,28,30,34,36). The molecule has 2 aromatic heterocycles. The van der Waals surface area contributed by atoms with E-state index < -0.39 is 17.8 Å². The van der Waals surface area contributed by atoms with Gasteiger partial charge in [-0.1, -0.05) is 12.1 Å². The Morgan fingerprint density at radius 1 is 1.11 bits per heavy atom. The van der Waals surface area contributed by atoms with Crippen molar-refractivity contribution in [2.24, 2.45) is 0 Å². The number of anilines is 2. The normalized spacial score (nSPS) is 19.1. The van der Waals surface area contributed by atoms with Crippen molar-refractivity contribution in [3.8, 4) is 0 Å². The Labute approximate surface area is 205 Å². The van der Waals surface area contributed by atoms with Gasteiger partial charge in [0, 0.05) is 43.9 Å². The molecule has 3 aliphatic rings. The molecule has 36 heavy (non-hydrogen) atoms. The van der Waals surface area contributed by atoms with Gasteiger partial charge in [-0.2, -0.15) is 9.61 Å². The lowest BCUT2D eigenvalue weighted by molar-refractivity contribution is -0.115. The van der Waals surface area contributed by atoms with E-state index in [1.807, 2.05) is 6.07 Å². The summed E-state index contributed by atoms with van der Waals surface area (Å²) in [6, 6.07) is 7.72. The summed E-state index contributed by atoms with van der Waals surface area (Å²) in [6.07, 6.45) is 5.28. The number of carbonyl (C=O) groups excluding carboxylic acids is 3. The van der Waals surface area contributed by atoms with Crippen LogP contribution in [0.2, 0.25) is 0 Å². The molecule has 2 aliphatic heterocycles. The summed E-state index contributed by atoms with van der Waals surface area (Å²) in [6.45, 7) is 1.89. The maximum atomic E-state index is 14.1. The lowest BCUT2D eigenvalue weighted by Crippen LogP contribution is -2.49. The first kappa shape index (κ1) is 22.0. The molecular weight excluding hydrogens is 467 g/mol. The summed E-state index contributed by atoms with van der Waals surface area (Å²) < 4.78 is 15.8. The molecule has 12 heteroatoms. The lowest BCUT2D eigenvalue weighted by Gasteiger charge is -2.35. The third-order valence-electron chi connectivity index (χ3n) is 6.43. The largest absolute Gasteiger partial charge is 0.367 e. The first-order chi connectivity index (χ1) is 17.5. The second-order valence-corrected chi connectivity index (χ2v) is 8.98. The van der Waals surface area contributed by atoms with Gasteiger partial charge in [-0.25, -0.2) is 14.2 Å². The van der Waals surface area contributed by atoms with Crippen molar-refractivity contribution in [3.63, 3.8) is 0 Å². The van der Waals surface area contributed by atoms with E-state index in [1.165, 1.54) is 12.1 Å². The second-order valence-electron chi connectivity index (χ2n) is 8.98. The van der Waals surface area contributed by atoms with Crippen molar-refractivity contribution in [1.29, 1.82) is 0 Å². The Hall–Kier alpha value is -4.48. The number of nitrogens with zero attached hydrogens (tertiary/aromatic N) is 5. The molecule has 0 spiro atoms. The summed E-state index contributed by atoms with van der Waals surface area (Å²) >= 11 is 0. The number of piperazine rings is 1. The number of carbonyl (C=O) groups is 3. The van der Waals surface area contributed by atoms with Crippen molar-refractivity contribution in [3.05, 3.63) is 59.2 Å². The van der Waals surface area contributed by atoms with Crippen LogP contribution in [0.4, 0.5) is 20.8 Å². The Morgan fingerprint density at radius 2 is 1.89 bits per heavy atom. The van der Waals surface area contributed by atoms with Crippen molar-refractivity contribution >= 4 is 41.2 Å². The van der Waals surface area contributed by atoms with Crippen LogP contribution in [-0.4, -0.2) is 69.6 Å². The molecule has 6 rings (SSSR count). The number of aromatic nitrogens is 3. The first-order valence-corrected chi connectivity index (χ1v) is 11.7. The van der Waals surface area contributed by atoms with Crippen LogP contribution in [0, 0.1) is 5.82 Å². The number of halogens is 1. The molecule has 1 aliphatic carbocycles. The van der Waals surface area contributed by atoms with Crippen LogP contribution in [0.1, 0.15) is 28.8 Å². The number of amides is 4. The van der Waals surface area contributed by atoms with E-state index >= 15 is 0 Å². The molecule has 0 atom stereocenters. The highest BCUT2D eigenvalue weighted by Crippen LogP contribution is 2.29. The second kappa shape index (κ2) is 8.63. The predicted molar refractivity (Wildman–Crippen MR) is 129 cm³/mol. The number of nitrogens with one attached hydrogen (secondary N) is 3. The summed E-state index contributed by atoms with van der Waals surface area (Å²) in [5.74, 6) is 0.106. The molecule has 3 fully saturated rings. The van der Waals surface area contributed by atoms with Gasteiger partial charge >= 0.3 is 6.03 Å². The minimum atomic E-state index is -0.574. The molecule has 0 bridgehead atoms. The molecule has 11 nitrogen and oxygen atoms in total. The van der Waals surface area contributed by atoms with Crippen LogP contribution in [0.3, 0.4) is 0 Å². The monoisotopic (exact) mass is 490 g/mol. The topological polar surface area (TPSA) is 124 Å². The van der Waals surface area contributed by atoms with Gasteiger partial charge in [0.25, 0.3) is 11.8 Å². The molecule has 4 heterocycles. The van der Waals surface area contributed by atoms with Crippen LogP contribution in [0.25, 0.3) is 11.7 Å². The molecule has 0 radical (unpaired) electrons. The zero-order chi connectivity index (χ0) is 24.8. The van der Waals surface area contributed by atoms with E-state index in [9.17, 15) is 18.8 Å². The van der Waals surface area contributed by atoms with Crippen LogP contribution in [0.15, 0.2) is 42.2 Å². The van der Waals surface area contributed by atoms with E-state index in [-0.39, 0.29) is 17.2 Å². The molecule has 4 amide bonds. The summed E-state index contributed by atoms with van der Waals surface area (Å²) in [5, 5.41) is 12.6. The number of imide groups is 1. The van der Waals surface area contributed by atoms with E-state index in [4.69, 9.17) is 4.98 Å². The molecule has 2 saturated heterocycles. The van der Waals surface area contributed by atoms with Crippen LogP contribution >= 0.6 is 0 Å². The van der Waals surface area contributed by atoms with Crippen LogP contribution in [0.5, 0.6) is 0 Å². The van der Waals surface area contributed by atoms with Crippen molar-refractivity contribution in [2.75, 3.05) is 36.4 Å². The fourth-order valence-corrected chi connectivity index (χ4v) is 4.35. The molecule has 0 unspecified atom stereocenters. The minimum Gasteiger partial charge on any atom is -0.367 e. The Kier molecular flexibility index (Phi) is 5.28. The number of urea groups is 1. The average molecular weight is 490 g/mol. The first-order valence-electron chi connectivity index (χ1n) is 11.7. The molecule has 3 aromatic rings. The van der Waals surface area contributed by atoms with Gasteiger partial charge in [-0.3, -0.25) is 14.9 Å². The number of hydrogen-bond donors (Lipinski definition) is 3. The van der Waals surface area contributed by atoms with Crippen molar-refractivity contribution in [2.45, 2.75) is 18.9 Å². The highest BCUT2D eigenvalue weighted by Gasteiger charge is 2.28. The fourth-order valence-electron chi connectivity index (χ4n) is 4.35. The number of rotatable bonds is 5. The third-order valence-corrected chi connectivity index (χ3v) is 6.43. The number of fused-ring (bicyclic) bond motifs is 1. The average Bonchev–Trinajstić information content (AvgIpc) is 3.51. The van der Waals surface area contributed by atoms with Crippen LogP contribution < -0.4 is 20.9 Å². The summed E-state index contributed by atoms with van der Waals surface area (Å²) in [7, 11) is 0. The number of hydrogen-bond acceptors (Lipinski definition) is 7. The van der Waals surface area contributed by atoms with Crippen molar-refractivity contribution < 1.29 is 18.8 Å². The Balaban J connectivity index is 1.28. The minimum absolute atomic E-state index is 0.0707. The van der Waals surface area contributed by atoms with Gasteiger partial charge in [0.1, 0.15) is 23.1 Å². The summed E-state index contributed by atoms with van der Waals surface area (Å²) in [5.41, 5.74) is 1.30.